The van der Waals surface area contributed by atoms with Crippen LogP contribution < -0.4 is 5.32 Å². The molecule has 2 atom stereocenters. The zero-order valence-electron chi connectivity index (χ0n) is 18.0. The summed E-state index contributed by atoms with van der Waals surface area (Å²) in [5.41, 5.74) is 2.87. The van der Waals surface area contributed by atoms with E-state index in [2.05, 4.69) is 29.0 Å². The molecular formula is C23H29N3O4. The van der Waals surface area contributed by atoms with Gasteiger partial charge in [-0.1, -0.05) is 18.2 Å². The average Bonchev–Trinajstić information content (AvgIpc) is 2.68. The van der Waals surface area contributed by atoms with E-state index in [4.69, 9.17) is 9.47 Å². The molecule has 2 unspecified atom stereocenters. The Morgan fingerprint density at radius 2 is 1.87 bits per heavy atom. The number of hydrogen-bond acceptors (Lipinski definition) is 6. The van der Waals surface area contributed by atoms with E-state index in [0.717, 1.165) is 30.9 Å². The fourth-order valence-corrected chi connectivity index (χ4v) is 3.73. The van der Waals surface area contributed by atoms with Crippen LogP contribution in [0, 0.1) is 6.92 Å². The van der Waals surface area contributed by atoms with Gasteiger partial charge in [-0.3, -0.25) is 9.69 Å². The van der Waals surface area contributed by atoms with Gasteiger partial charge in [0.15, 0.2) is 0 Å². The van der Waals surface area contributed by atoms with Crippen LogP contribution in [0.2, 0.25) is 0 Å². The first-order valence-corrected chi connectivity index (χ1v) is 10.3. The molecule has 1 aliphatic rings. The van der Waals surface area contributed by atoms with Crippen LogP contribution in [0.1, 0.15) is 52.9 Å². The van der Waals surface area contributed by atoms with E-state index in [9.17, 15) is 9.59 Å². The van der Waals surface area contributed by atoms with Gasteiger partial charge >= 0.3 is 5.97 Å². The highest BCUT2D eigenvalue weighted by Crippen LogP contribution is 2.21. The van der Waals surface area contributed by atoms with E-state index in [-0.39, 0.29) is 30.4 Å². The molecular weight excluding hydrogens is 382 g/mol. The van der Waals surface area contributed by atoms with Crippen molar-refractivity contribution >= 4 is 17.6 Å². The van der Waals surface area contributed by atoms with Gasteiger partial charge in [0.1, 0.15) is 5.69 Å². The minimum atomic E-state index is -0.436. The van der Waals surface area contributed by atoms with Crippen LogP contribution in [0.15, 0.2) is 36.4 Å². The zero-order valence-corrected chi connectivity index (χ0v) is 18.0. The Bertz CT molecular complexity index is 905. The number of carbonyl (C=O) groups is 2. The second kappa shape index (κ2) is 9.82. The van der Waals surface area contributed by atoms with Crippen LogP contribution in [-0.4, -0.2) is 53.7 Å². The molecule has 2 aromatic rings. The minimum Gasteiger partial charge on any atom is -0.462 e. The van der Waals surface area contributed by atoms with Gasteiger partial charge in [-0.2, -0.15) is 0 Å². The van der Waals surface area contributed by atoms with Crippen molar-refractivity contribution in [3.05, 3.63) is 58.9 Å². The average molecular weight is 412 g/mol. The molecule has 0 saturated carbocycles. The predicted molar refractivity (Wildman–Crippen MR) is 115 cm³/mol. The highest BCUT2D eigenvalue weighted by molar-refractivity contribution is 6.03. The van der Waals surface area contributed by atoms with Crippen molar-refractivity contribution < 1.29 is 19.1 Å². The summed E-state index contributed by atoms with van der Waals surface area (Å²) in [6.45, 7) is 10.3. The number of aryl methyl sites for hydroxylation is 1. The first-order valence-electron chi connectivity index (χ1n) is 10.3. The third-order valence-corrected chi connectivity index (χ3v) is 4.97. The van der Waals surface area contributed by atoms with Gasteiger partial charge < -0.3 is 14.8 Å². The van der Waals surface area contributed by atoms with E-state index in [1.54, 1.807) is 26.0 Å². The number of carbonyl (C=O) groups excluding carboxylic acids is 2. The van der Waals surface area contributed by atoms with Gasteiger partial charge in [-0.05, 0) is 51.5 Å². The Balaban J connectivity index is 1.73. The lowest BCUT2D eigenvalue weighted by molar-refractivity contribution is -0.0704. The number of para-hydroxylation sites is 1. The number of hydrogen-bond donors (Lipinski definition) is 1. The molecule has 7 heteroatoms. The number of aromatic nitrogens is 1. The number of pyridine rings is 1. The number of amides is 1. The number of ether oxygens (including phenoxy) is 2. The van der Waals surface area contributed by atoms with Crippen LogP contribution in [-0.2, 0) is 16.0 Å². The van der Waals surface area contributed by atoms with Crippen LogP contribution in [0.4, 0.5) is 5.69 Å². The van der Waals surface area contributed by atoms with Crippen LogP contribution in [0.3, 0.4) is 0 Å². The fourth-order valence-electron chi connectivity index (χ4n) is 3.73. The zero-order chi connectivity index (χ0) is 21.7. The van der Waals surface area contributed by atoms with Gasteiger partial charge in [0.05, 0.1) is 30.1 Å². The lowest BCUT2D eigenvalue weighted by Gasteiger charge is -2.35. The molecule has 0 spiro atoms. The molecule has 3 rings (SSSR count). The van der Waals surface area contributed by atoms with Crippen LogP contribution in [0.5, 0.6) is 0 Å². The molecule has 1 aliphatic heterocycles. The van der Waals surface area contributed by atoms with Crippen molar-refractivity contribution in [3.8, 4) is 0 Å². The van der Waals surface area contributed by atoms with Gasteiger partial charge in [-0.25, -0.2) is 9.78 Å². The Hall–Kier alpha value is -2.77. The standard InChI is InChI=1S/C23H29N3O4/c1-5-29-23(28)19-10-11-21(24-17(19)4)22(27)25-20-9-7-6-8-18(20)14-26-12-15(2)30-16(3)13-26/h6-11,15-16H,5,12-14H2,1-4H3,(H,25,27). The second-order valence-corrected chi connectivity index (χ2v) is 7.61. The summed E-state index contributed by atoms with van der Waals surface area (Å²) < 4.78 is 10.8. The summed E-state index contributed by atoms with van der Waals surface area (Å²) >= 11 is 0. The van der Waals surface area contributed by atoms with Crippen molar-refractivity contribution in [2.24, 2.45) is 0 Å². The predicted octanol–water partition coefficient (Wildman–Crippen LogP) is 3.43. The number of morpholine rings is 1. The molecule has 7 nitrogen and oxygen atoms in total. The topological polar surface area (TPSA) is 80.8 Å². The summed E-state index contributed by atoms with van der Waals surface area (Å²) in [6, 6.07) is 10.9. The first-order chi connectivity index (χ1) is 14.4. The molecule has 1 N–H and O–H groups in total. The van der Waals surface area contributed by atoms with E-state index < -0.39 is 5.97 Å². The molecule has 30 heavy (non-hydrogen) atoms. The Morgan fingerprint density at radius 3 is 2.53 bits per heavy atom. The summed E-state index contributed by atoms with van der Waals surface area (Å²) in [5.74, 6) is -0.751. The number of esters is 1. The molecule has 160 valence electrons. The highest BCUT2D eigenvalue weighted by atomic mass is 16.5. The number of nitrogens with zero attached hydrogens (tertiary/aromatic N) is 2. The molecule has 0 bridgehead atoms. The lowest BCUT2D eigenvalue weighted by Crippen LogP contribution is -2.44. The number of nitrogens with one attached hydrogen (secondary N) is 1. The maximum Gasteiger partial charge on any atom is 0.339 e. The number of rotatable bonds is 6. The van der Waals surface area contributed by atoms with Crippen LogP contribution >= 0.6 is 0 Å². The van der Waals surface area contributed by atoms with Gasteiger partial charge in [-0.15, -0.1) is 0 Å². The minimum absolute atomic E-state index is 0.181. The van der Waals surface area contributed by atoms with Crippen molar-refractivity contribution in [2.75, 3.05) is 25.0 Å². The summed E-state index contributed by atoms with van der Waals surface area (Å²) in [6.07, 6.45) is 0.362. The third kappa shape index (κ3) is 5.43. The molecule has 1 amide bonds. The molecule has 1 fully saturated rings. The largest absolute Gasteiger partial charge is 0.462 e. The van der Waals surface area contributed by atoms with E-state index in [1.807, 2.05) is 24.3 Å². The lowest BCUT2D eigenvalue weighted by atomic mass is 10.1. The van der Waals surface area contributed by atoms with E-state index >= 15 is 0 Å². The van der Waals surface area contributed by atoms with Crippen molar-refractivity contribution in [3.63, 3.8) is 0 Å². The molecule has 1 aromatic heterocycles. The smallest absolute Gasteiger partial charge is 0.339 e. The molecule has 1 aromatic carbocycles. The molecule has 0 radical (unpaired) electrons. The van der Waals surface area contributed by atoms with Gasteiger partial charge in [0.25, 0.3) is 5.91 Å². The SMILES string of the molecule is CCOC(=O)c1ccc(C(=O)Nc2ccccc2CN2CC(C)OC(C)C2)nc1C. The number of benzene rings is 1. The maximum absolute atomic E-state index is 12.8. The summed E-state index contributed by atoms with van der Waals surface area (Å²) in [4.78, 5) is 31.4. The van der Waals surface area contributed by atoms with E-state index in [1.165, 1.54) is 0 Å². The monoisotopic (exact) mass is 411 g/mol. The van der Waals surface area contributed by atoms with Crippen LogP contribution in [0.25, 0.3) is 0 Å². The normalized spacial score (nSPS) is 19.3. The Kier molecular flexibility index (Phi) is 7.18. The maximum atomic E-state index is 12.8. The van der Waals surface area contributed by atoms with Gasteiger partial charge in [0.2, 0.25) is 0 Å². The number of anilines is 1. The van der Waals surface area contributed by atoms with Crippen molar-refractivity contribution in [1.82, 2.24) is 9.88 Å². The molecule has 1 saturated heterocycles. The van der Waals surface area contributed by atoms with Crippen molar-refractivity contribution in [1.29, 1.82) is 0 Å². The quantitative estimate of drug-likeness (QED) is 0.734. The summed E-state index contributed by atoms with van der Waals surface area (Å²) in [5, 5.41) is 2.96. The Morgan fingerprint density at radius 1 is 1.17 bits per heavy atom. The van der Waals surface area contributed by atoms with Gasteiger partial charge in [0, 0.05) is 25.3 Å². The first kappa shape index (κ1) is 21.9. The second-order valence-electron chi connectivity index (χ2n) is 7.61. The fraction of sp³-hybridized carbons (Fsp3) is 0.435. The Labute approximate surface area is 177 Å². The highest BCUT2D eigenvalue weighted by Gasteiger charge is 2.23. The molecule has 2 heterocycles. The van der Waals surface area contributed by atoms with Crippen molar-refractivity contribution in [2.45, 2.75) is 46.4 Å². The van der Waals surface area contributed by atoms with E-state index in [0.29, 0.717) is 11.3 Å². The molecule has 0 aliphatic carbocycles. The summed E-state index contributed by atoms with van der Waals surface area (Å²) in [7, 11) is 0. The third-order valence-electron chi connectivity index (χ3n) is 4.97.